The highest BCUT2D eigenvalue weighted by molar-refractivity contribution is 5.91. The van der Waals surface area contributed by atoms with Crippen molar-refractivity contribution in [3.05, 3.63) is 109 Å². The summed E-state index contributed by atoms with van der Waals surface area (Å²) in [6.45, 7) is 2.15. The van der Waals surface area contributed by atoms with Gasteiger partial charge in [-0.2, -0.15) is 0 Å². The Balaban J connectivity index is 1.96. The third-order valence-electron chi connectivity index (χ3n) is 4.56. The fourth-order valence-corrected chi connectivity index (χ4v) is 3.34. The lowest BCUT2D eigenvalue weighted by molar-refractivity contribution is 1.46. The fourth-order valence-electron chi connectivity index (χ4n) is 3.34. The van der Waals surface area contributed by atoms with Crippen molar-refractivity contribution in [3.63, 3.8) is 0 Å². The van der Waals surface area contributed by atoms with Gasteiger partial charge in [0.2, 0.25) is 0 Å². The molecule has 0 aliphatic rings. The lowest BCUT2D eigenvalue weighted by Gasteiger charge is -2.15. The Morgan fingerprint density at radius 2 is 0.880 bits per heavy atom. The summed E-state index contributed by atoms with van der Waals surface area (Å²) in [6, 6.07) is 36.6. The van der Waals surface area contributed by atoms with E-state index in [9.17, 15) is 0 Å². The second-order valence-corrected chi connectivity index (χ2v) is 6.33. The maximum atomic E-state index is 2.28. The van der Waals surface area contributed by atoms with Crippen molar-refractivity contribution in [1.82, 2.24) is 0 Å². The quantitative estimate of drug-likeness (QED) is 0.381. The molecular formula is C25H20. The summed E-state index contributed by atoms with van der Waals surface area (Å²) in [5, 5.41) is 0. The normalized spacial score (nSPS) is 10.6. The van der Waals surface area contributed by atoms with E-state index in [0.29, 0.717) is 0 Å². The second kappa shape index (κ2) is 6.78. The van der Waals surface area contributed by atoms with Gasteiger partial charge in [0.05, 0.1) is 0 Å². The van der Waals surface area contributed by atoms with Gasteiger partial charge in [0.1, 0.15) is 0 Å². The molecule has 0 unspecified atom stereocenters. The Bertz CT molecular complexity index is 983. The molecule has 0 fully saturated rings. The van der Waals surface area contributed by atoms with Gasteiger partial charge in [-0.3, -0.25) is 0 Å². The standard InChI is InChI=1S/C25H20/c1-19-16-17-24(25(18-19)21-12-6-3-7-13-21)23-15-9-8-14-22(23)20-10-4-2-5-11-20/h2-18H,1H3. The number of benzene rings is 4. The fraction of sp³-hybridized carbons (Fsp3) is 0.0400. The number of rotatable bonds is 3. The number of hydrogen-bond donors (Lipinski definition) is 0. The number of hydrogen-bond acceptors (Lipinski definition) is 0. The minimum atomic E-state index is 1.25. The first-order chi connectivity index (χ1) is 12.3. The van der Waals surface area contributed by atoms with Gasteiger partial charge in [0.15, 0.2) is 0 Å². The first-order valence-corrected chi connectivity index (χ1v) is 8.64. The van der Waals surface area contributed by atoms with Crippen LogP contribution in [0, 0.1) is 6.92 Å². The Morgan fingerprint density at radius 3 is 1.52 bits per heavy atom. The van der Waals surface area contributed by atoms with E-state index in [0.717, 1.165) is 0 Å². The summed E-state index contributed by atoms with van der Waals surface area (Å²) in [5.74, 6) is 0. The van der Waals surface area contributed by atoms with Gasteiger partial charge >= 0.3 is 0 Å². The van der Waals surface area contributed by atoms with Crippen LogP contribution in [-0.4, -0.2) is 0 Å². The van der Waals surface area contributed by atoms with E-state index in [4.69, 9.17) is 0 Å². The molecule has 0 aliphatic carbocycles. The molecule has 0 heterocycles. The van der Waals surface area contributed by atoms with Gasteiger partial charge < -0.3 is 0 Å². The molecule has 0 atom stereocenters. The molecule has 0 nitrogen and oxygen atoms in total. The topological polar surface area (TPSA) is 0 Å². The largest absolute Gasteiger partial charge is 0.0622 e. The molecule has 4 rings (SSSR count). The van der Waals surface area contributed by atoms with Gasteiger partial charge in [-0.05, 0) is 40.3 Å². The predicted octanol–water partition coefficient (Wildman–Crippen LogP) is 7.00. The summed E-state index contributed by atoms with van der Waals surface area (Å²) in [4.78, 5) is 0. The lowest BCUT2D eigenvalue weighted by Crippen LogP contribution is -1.90. The highest BCUT2D eigenvalue weighted by atomic mass is 14.2. The molecule has 0 heteroatoms. The van der Waals surface area contributed by atoms with E-state index in [1.54, 1.807) is 0 Å². The van der Waals surface area contributed by atoms with Gasteiger partial charge in [-0.1, -0.05) is 109 Å². The summed E-state index contributed by atoms with van der Waals surface area (Å²) >= 11 is 0. The van der Waals surface area contributed by atoms with Gasteiger partial charge in [0.25, 0.3) is 0 Å². The first-order valence-electron chi connectivity index (χ1n) is 8.64. The second-order valence-electron chi connectivity index (χ2n) is 6.33. The average Bonchev–Trinajstić information content (AvgIpc) is 2.69. The van der Waals surface area contributed by atoms with Crippen LogP contribution in [0.5, 0.6) is 0 Å². The molecule has 0 saturated heterocycles. The minimum absolute atomic E-state index is 1.25. The molecule has 0 N–H and O–H groups in total. The lowest BCUT2D eigenvalue weighted by atomic mass is 9.88. The average molecular weight is 320 g/mol. The third-order valence-corrected chi connectivity index (χ3v) is 4.56. The molecular weight excluding hydrogens is 300 g/mol. The molecule has 0 radical (unpaired) electrons. The highest BCUT2D eigenvalue weighted by Crippen LogP contribution is 2.38. The van der Waals surface area contributed by atoms with Crippen LogP contribution in [0.15, 0.2) is 103 Å². The molecule has 120 valence electrons. The molecule has 4 aromatic carbocycles. The van der Waals surface area contributed by atoms with Crippen molar-refractivity contribution in [2.45, 2.75) is 6.92 Å². The van der Waals surface area contributed by atoms with Crippen LogP contribution in [0.3, 0.4) is 0 Å². The Labute approximate surface area is 149 Å². The Kier molecular flexibility index (Phi) is 4.18. The Morgan fingerprint density at radius 1 is 0.400 bits per heavy atom. The molecule has 0 amide bonds. The van der Waals surface area contributed by atoms with Crippen LogP contribution in [0.4, 0.5) is 0 Å². The molecule has 0 spiro atoms. The molecule has 4 aromatic rings. The highest BCUT2D eigenvalue weighted by Gasteiger charge is 2.12. The molecule has 0 saturated carbocycles. The summed E-state index contributed by atoms with van der Waals surface area (Å²) in [6.07, 6.45) is 0. The third kappa shape index (κ3) is 3.12. The van der Waals surface area contributed by atoms with Gasteiger partial charge in [0, 0.05) is 0 Å². The van der Waals surface area contributed by atoms with Crippen LogP contribution in [0.2, 0.25) is 0 Å². The van der Waals surface area contributed by atoms with Crippen LogP contribution >= 0.6 is 0 Å². The van der Waals surface area contributed by atoms with Crippen LogP contribution in [-0.2, 0) is 0 Å². The van der Waals surface area contributed by atoms with Gasteiger partial charge in [-0.15, -0.1) is 0 Å². The summed E-state index contributed by atoms with van der Waals surface area (Å²) in [7, 11) is 0. The minimum Gasteiger partial charge on any atom is -0.0622 e. The van der Waals surface area contributed by atoms with Crippen molar-refractivity contribution < 1.29 is 0 Å². The predicted molar refractivity (Wildman–Crippen MR) is 107 cm³/mol. The van der Waals surface area contributed by atoms with Crippen molar-refractivity contribution in [1.29, 1.82) is 0 Å². The van der Waals surface area contributed by atoms with E-state index in [-0.39, 0.29) is 0 Å². The maximum Gasteiger partial charge on any atom is -0.00990 e. The zero-order valence-electron chi connectivity index (χ0n) is 14.3. The summed E-state index contributed by atoms with van der Waals surface area (Å²) in [5.41, 5.74) is 8.87. The van der Waals surface area contributed by atoms with Crippen LogP contribution < -0.4 is 0 Å². The first kappa shape index (κ1) is 15.4. The van der Waals surface area contributed by atoms with Crippen molar-refractivity contribution in [3.8, 4) is 33.4 Å². The molecule has 25 heavy (non-hydrogen) atoms. The molecule has 0 bridgehead atoms. The van der Waals surface area contributed by atoms with E-state index >= 15 is 0 Å². The Hall–Kier alpha value is -3.12. The van der Waals surface area contributed by atoms with Crippen molar-refractivity contribution in [2.75, 3.05) is 0 Å². The van der Waals surface area contributed by atoms with E-state index < -0.39 is 0 Å². The van der Waals surface area contributed by atoms with E-state index in [1.165, 1.54) is 38.9 Å². The zero-order valence-corrected chi connectivity index (χ0v) is 14.3. The monoisotopic (exact) mass is 320 g/mol. The van der Waals surface area contributed by atoms with Crippen LogP contribution in [0.1, 0.15) is 5.56 Å². The van der Waals surface area contributed by atoms with Crippen molar-refractivity contribution in [2.24, 2.45) is 0 Å². The smallest absolute Gasteiger partial charge is 0.00990 e. The SMILES string of the molecule is Cc1ccc(-c2ccccc2-c2ccccc2)c(-c2ccccc2)c1. The molecule has 0 aromatic heterocycles. The van der Waals surface area contributed by atoms with Crippen molar-refractivity contribution >= 4 is 0 Å². The zero-order chi connectivity index (χ0) is 17.1. The van der Waals surface area contributed by atoms with E-state index in [1.807, 2.05) is 0 Å². The van der Waals surface area contributed by atoms with E-state index in [2.05, 4.69) is 110 Å². The van der Waals surface area contributed by atoms with Crippen LogP contribution in [0.25, 0.3) is 33.4 Å². The number of aryl methyl sites for hydroxylation is 1. The maximum absolute atomic E-state index is 2.28. The van der Waals surface area contributed by atoms with Gasteiger partial charge in [-0.25, -0.2) is 0 Å². The summed E-state index contributed by atoms with van der Waals surface area (Å²) < 4.78 is 0. The molecule has 0 aliphatic heterocycles.